The van der Waals surface area contributed by atoms with E-state index in [4.69, 9.17) is 14.6 Å². The zero-order valence-electron chi connectivity index (χ0n) is 26.1. The molecule has 6 rings (SSSR count). The molecular weight excluding hydrogens is 591 g/mol. The zero-order valence-corrected chi connectivity index (χ0v) is 26.1. The number of carbonyl (C=O) groups is 3. The van der Waals surface area contributed by atoms with E-state index in [2.05, 4.69) is 4.98 Å². The van der Waals surface area contributed by atoms with E-state index in [1.807, 2.05) is 41.1 Å². The highest BCUT2D eigenvalue weighted by Gasteiger charge is 2.44. The minimum atomic E-state index is -0.607. The second-order valence-electron chi connectivity index (χ2n) is 12.6. The van der Waals surface area contributed by atoms with Gasteiger partial charge in [0.25, 0.3) is 5.91 Å². The summed E-state index contributed by atoms with van der Waals surface area (Å²) in [6.45, 7) is 7.16. The molecule has 0 bridgehead atoms. The quantitative estimate of drug-likeness (QED) is 0.225. The minimum Gasteiger partial charge on any atom is -0.459 e. The predicted molar refractivity (Wildman–Crippen MR) is 166 cm³/mol. The summed E-state index contributed by atoms with van der Waals surface area (Å²) in [5.41, 5.74) is 2.76. The first-order valence-corrected chi connectivity index (χ1v) is 15.4. The Kier molecular flexibility index (Phi) is 8.61. The number of esters is 1. The Morgan fingerprint density at radius 2 is 1.74 bits per heavy atom. The number of amides is 2. The van der Waals surface area contributed by atoms with Crippen molar-refractivity contribution < 1.29 is 28.2 Å². The second kappa shape index (κ2) is 12.8. The van der Waals surface area contributed by atoms with Crippen molar-refractivity contribution in [2.45, 2.75) is 64.4 Å². The fourth-order valence-corrected chi connectivity index (χ4v) is 5.84. The first kappa shape index (κ1) is 31.0. The summed E-state index contributed by atoms with van der Waals surface area (Å²) in [6, 6.07) is 15.3. The van der Waals surface area contributed by atoms with E-state index in [0.29, 0.717) is 30.9 Å². The number of hydrogen-bond acceptors (Lipinski definition) is 7. The number of carbonyl (C=O) groups excluding carboxylic acids is 3. The molecule has 0 saturated carbocycles. The van der Waals surface area contributed by atoms with Crippen LogP contribution in [0.3, 0.4) is 0 Å². The Morgan fingerprint density at radius 1 is 1.00 bits per heavy atom. The molecule has 2 amide bonds. The lowest BCUT2D eigenvalue weighted by atomic mass is 9.96. The highest BCUT2D eigenvalue weighted by molar-refractivity contribution is 6.00. The standard InChI is InChI=1S/C34H37FN6O5/c1-34(2,3)46-33(44)39-20-26(21-39)45-27(42)14-18-41-31-28(29(37-41)23-8-5-4-6-9-23)30(24-10-12-25(35)13-11-24)40(32(31)43)17-7-16-38-19-15-36-22-38/h4-6,8-13,15,19,22,26,30H,7,14,16-18,20-21H2,1-3H3. The van der Waals surface area contributed by atoms with Crippen LogP contribution in [-0.4, -0.2) is 78.4 Å². The number of likely N-dealkylation sites (tertiary alicyclic amines) is 1. The molecule has 1 fully saturated rings. The van der Waals surface area contributed by atoms with Gasteiger partial charge in [-0.25, -0.2) is 14.2 Å². The molecule has 2 aromatic carbocycles. The third kappa shape index (κ3) is 6.65. The molecule has 0 spiro atoms. The van der Waals surface area contributed by atoms with Gasteiger partial charge in [0.15, 0.2) is 0 Å². The Morgan fingerprint density at radius 3 is 2.41 bits per heavy atom. The summed E-state index contributed by atoms with van der Waals surface area (Å²) in [7, 11) is 0. The zero-order chi connectivity index (χ0) is 32.4. The molecule has 2 aliphatic rings. The van der Waals surface area contributed by atoms with Gasteiger partial charge in [0.2, 0.25) is 0 Å². The molecule has 12 heteroatoms. The topological polar surface area (TPSA) is 112 Å². The van der Waals surface area contributed by atoms with Crippen molar-refractivity contribution in [3.05, 3.63) is 96.0 Å². The van der Waals surface area contributed by atoms with Crippen LogP contribution in [0.2, 0.25) is 0 Å². The Bertz CT molecular complexity index is 1690. The van der Waals surface area contributed by atoms with Gasteiger partial charge in [-0.1, -0.05) is 42.5 Å². The van der Waals surface area contributed by atoms with Crippen LogP contribution in [0.25, 0.3) is 11.3 Å². The van der Waals surface area contributed by atoms with Crippen LogP contribution in [0.5, 0.6) is 0 Å². The number of fused-ring (bicyclic) bond motifs is 1. The average Bonchev–Trinajstić information content (AvgIpc) is 3.71. The summed E-state index contributed by atoms with van der Waals surface area (Å²) < 4.78 is 28.5. The highest BCUT2D eigenvalue weighted by Crippen LogP contribution is 2.44. The van der Waals surface area contributed by atoms with E-state index < -0.39 is 29.8 Å². The lowest BCUT2D eigenvalue weighted by Crippen LogP contribution is -2.56. The van der Waals surface area contributed by atoms with Crippen LogP contribution in [0, 0.1) is 5.82 Å². The maximum Gasteiger partial charge on any atom is 0.410 e. The van der Waals surface area contributed by atoms with Gasteiger partial charge in [0.05, 0.1) is 44.1 Å². The number of aryl methyl sites for hydroxylation is 2. The monoisotopic (exact) mass is 628 g/mol. The molecule has 4 aromatic rings. The number of aromatic nitrogens is 4. The summed E-state index contributed by atoms with van der Waals surface area (Å²) in [4.78, 5) is 46.7. The average molecular weight is 629 g/mol. The van der Waals surface area contributed by atoms with Crippen molar-refractivity contribution in [2.75, 3.05) is 19.6 Å². The molecule has 240 valence electrons. The Hall–Kier alpha value is -5.00. The highest BCUT2D eigenvalue weighted by atomic mass is 19.1. The van der Waals surface area contributed by atoms with Crippen LogP contribution in [0.15, 0.2) is 73.3 Å². The van der Waals surface area contributed by atoms with Gasteiger partial charge in [-0.3, -0.25) is 14.3 Å². The van der Waals surface area contributed by atoms with E-state index in [1.54, 1.807) is 55.0 Å². The molecule has 1 atom stereocenters. The normalized spacial score (nSPS) is 16.3. The molecule has 46 heavy (non-hydrogen) atoms. The van der Waals surface area contributed by atoms with Gasteiger partial charge >= 0.3 is 12.1 Å². The van der Waals surface area contributed by atoms with E-state index >= 15 is 0 Å². The molecule has 2 aromatic heterocycles. The summed E-state index contributed by atoms with van der Waals surface area (Å²) in [5.74, 6) is -1.01. The molecule has 11 nitrogen and oxygen atoms in total. The smallest absolute Gasteiger partial charge is 0.410 e. The van der Waals surface area contributed by atoms with E-state index in [0.717, 1.165) is 16.7 Å². The van der Waals surface area contributed by atoms with Crippen molar-refractivity contribution in [3.63, 3.8) is 0 Å². The fourth-order valence-electron chi connectivity index (χ4n) is 5.84. The Balaban J connectivity index is 1.23. The van der Waals surface area contributed by atoms with Gasteiger partial charge in [-0.05, 0) is 44.9 Å². The van der Waals surface area contributed by atoms with Gasteiger partial charge in [0.1, 0.15) is 23.2 Å². The number of benzene rings is 2. The van der Waals surface area contributed by atoms with Crippen LogP contribution in [0.1, 0.15) is 61.3 Å². The van der Waals surface area contributed by atoms with E-state index in [-0.39, 0.29) is 37.8 Å². The number of rotatable bonds is 10. The van der Waals surface area contributed by atoms with Crippen LogP contribution < -0.4 is 0 Å². The summed E-state index contributed by atoms with van der Waals surface area (Å²) in [6.07, 6.45) is 5.13. The maximum absolute atomic E-state index is 14.2. The lowest BCUT2D eigenvalue weighted by molar-refractivity contribution is -0.157. The number of imidazole rings is 1. The molecule has 4 heterocycles. The molecule has 1 unspecified atom stereocenters. The second-order valence-corrected chi connectivity index (χ2v) is 12.6. The third-order valence-electron chi connectivity index (χ3n) is 7.97. The van der Waals surface area contributed by atoms with Crippen LogP contribution >= 0.6 is 0 Å². The molecule has 0 radical (unpaired) electrons. The predicted octanol–water partition coefficient (Wildman–Crippen LogP) is 5.07. The first-order valence-electron chi connectivity index (χ1n) is 15.4. The van der Waals surface area contributed by atoms with Crippen LogP contribution in [-0.2, 0) is 27.4 Å². The molecule has 2 aliphatic heterocycles. The van der Waals surface area contributed by atoms with Crippen molar-refractivity contribution in [3.8, 4) is 11.3 Å². The molecule has 0 aliphatic carbocycles. The molecule has 1 saturated heterocycles. The van der Waals surface area contributed by atoms with Crippen molar-refractivity contribution >= 4 is 18.0 Å². The lowest BCUT2D eigenvalue weighted by Gasteiger charge is -2.38. The summed E-state index contributed by atoms with van der Waals surface area (Å²) >= 11 is 0. The van der Waals surface area contributed by atoms with Gasteiger partial charge in [-0.15, -0.1) is 0 Å². The summed E-state index contributed by atoms with van der Waals surface area (Å²) in [5, 5.41) is 4.86. The molecular formula is C34H37FN6O5. The number of hydrogen-bond donors (Lipinski definition) is 0. The third-order valence-corrected chi connectivity index (χ3v) is 7.97. The molecule has 0 N–H and O–H groups in total. The van der Waals surface area contributed by atoms with E-state index in [9.17, 15) is 18.8 Å². The SMILES string of the molecule is CC(C)(C)OC(=O)N1CC(OC(=O)CCn2nc(-c3ccccc3)c3c2C(=O)N(CCCn2ccnc2)C3c2ccc(F)cc2)C1. The maximum atomic E-state index is 14.2. The Labute approximate surface area is 266 Å². The number of halogens is 1. The largest absolute Gasteiger partial charge is 0.459 e. The van der Waals surface area contributed by atoms with Gasteiger partial charge in [-0.2, -0.15) is 5.10 Å². The van der Waals surface area contributed by atoms with Crippen molar-refractivity contribution in [1.82, 2.24) is 29.1 Å². The van der Waals surface area contributed by atoms with Crippen molar-refractivity contribution in [2.24, 2.45) is 0 Å². The van der Waals surface area contributed by atoms with Gasteiger partial charge < -0.3 is 23.8 Å². The number of ether oxygens (including phenoxy) is 2. The number of nitrogens with zero attached hydrogens (tertiary/aromatic N) is 6. The van der Waals surface area contributed by atoms with Crippen LogP contribution in [0.4, 0.5) is 9.18 Å². The van der Waals surface area contributed by atoms with Crippen molar-refractivity contribution in [1.29, 1.82) is 0 Å². The van der Waals surface area contributed by atoms with E-state index in [1.165, 1.54) is 17.0 Å². The fraction of sp³-hybridized carbons (Fsp3) is 0.382. The van der Waals surface area contributed by atoms with Gasteiger partial charge in [0, 0.05) is 36.6 Å². The first-order chi connectivity index (χ1) is 22.1. The minimum absolute atomic E-state index is 0.0135.